The second-order valence-corrected chi connectivity index (χ2v) is 5.74. The smallest absolute Gasteiger partial charge is 0.256 e. The van der Waals surface area contributed by atoms with E-state index in [1.54, 1.807) is 23.5 Å². The van der Waals surface area contributed by atoms with Crippen molar-refractivity contribution in [2.45, 2.75) is 0 Å². The molecule has 2 aromatic rings. The molecule has 0 radical (unpaired) electrons. The van der Waals surface area contributed by atoms with E-state index in [-0.39, 0.29) is 5.91 Å². The highest BCUT2D eigenvalue weighted by atomic mass is 32.1. The van der Waals surface area contributed by atoms with Gasteiger partial charge in [-0.2, -0.15) is 0 Å². The third-order valence-corrected chi connectivity index (χ3v) is 4.50. The number of thiophene rings is 1. The zero-order chi connectivity index (χ0) is 13.9. The molecular weight excluding hydrogens is 270 g/mol. The molecule has 2 N–H and O–H groups in total. The first-order valence-corrected chi connectivity index (χ1v) is 7.56. The van der Waals surface area contributed by atoms with Crippen LogP contribution in [0.25, 0.3) is 0 Å². The number of nitrogens with two attached hydrogens (primary N) is 1. The second-order valence-electron chi connectivity index (χ2n) is 4.82. The lowest BCUT2D eigenvalue weighted by molar-refractivity contribution is 0.0748. The summed E-state index contributed by atoms with van der Waals surface area (Å²) in [5.41, 5.74) is 7.04. The number of anilines is 2. The molecule has 0 saturated carbocycles. The highest BCUT2D eigenvalue weighted by Gasteiger charge is 2.23. The highest BCUT2D eigenvalue weighted by molar-refractivity contribution is 7.14. The molecular formula is C15H17N3OS. The average molecular weight is 287 g/mol. The van der Waals surface area contributed by atoms with Crippen LogP contribution in [-0.2, 0) is 0 Å². The van der Waals surface area contributed by atoms with Crippen LogP contribution in [0.5, 0.6) is 0 Å². The van der Waals surface area contributed by atoms with Gasteiger partial charge in [-0.1, -0.05) is 12.1 Å². The van der Waals surface area contributed by atoms with E-state index in [9.17, 15) is 4.79 Å². The van der Waals surface area contributed by atoms with E-state index in [1.165, 1.54) is 5.00 Å². The summed E-state index contributed by atoms with van der Waals surface area (Å²) in [7, 11) is 0. The van der Waals surface area contributed by atoms with E-state index in [0.717, 1.165) is 26.2 Å². The van der Waals surface area contributed by atoms with Gasteiger partial charge in [-0.25, -0.2) is 0 Å². The van der Waals surface area contributed by atoms with Gasteiger partial charge in [-0.3, -0.25) is 4.79 Å². The summed E-state index contributed by atoms with van der Waals surface area (Å²) in [5.74, 6) is 0.0360. The fraction of sp³-hybridized carbons (Fsp3) is 0.267. The maximum atomic E-state index is 12.4. The van der Waals surface area contributed by atoms with Crippen molar-refractivity contribution in [3.05, 3.63) is 47.3 Å². The molecule has 0 spiro atoms. The molecule has 0 bridgehead atoms. The van der Waals surface area contributed by atoms with Crippen molar-refractivity contribution in [3.8, 4) is 0 Å². The van der Waals surface area contributed by atoms with Gasteiger partial charge in [0.15, 0.2) is 0 Å². The van der Waals surface area contributed by atoms with Crippen molar-refractivity contribution in [2.75, 3.05) is 36.8 Å². The summed E-state index contributed by atoms with van der Waals surface area (Å²) in [5, 5.41) is 3.36. The van der Waals surface area contributed by atoms with Crippen molar-refractivity contribution in [3.63, 3.8) is 0 Å². The normalized spacial score (nSPS) is 15.4. The molecule has 1 aromatic heterocycles. The number of benzene rings is 1. The zero-order valence-corrected chi connectivity index (χ0v) is 12.0. The quantitative estimate of drug-likeness (QED) is 0.862. The lowest BCUT2D eigenvalue weighted by Crippen LogP contribution is -2.48. The van der Waals surface area contributed by atoms with Crippen molar-refractivity contribution >= 4 is 27.9 Å². The van der Waals surface area contributed by atoms with Gasteiger partial charge in [0.05, 0.1) is 10.6 Å². The molecule has 104 valence electrons. The number of hydrogen-bond donors (Lipinski definition) is 1. The van der Waals surface area contributed by atoms with Crippen molar-refractivity contribution in [1.82, 2.24) is 4.90 Å². The monoisotopic (exact) mass is 287 g/mol. The third-order valence-electron chi connectivity index (χ3n) is 3.58. The minimum Gasteiger partial charge on any atom is -0.398 e. The number of carbonyl (C=O) groups is 1. The van der Waals surface area contributed by atoms with Gasteiger partial charge in [-0.15, -0.1) is 11.3 Å². The number of para-hydroxylation sites is 1. The van der Waals surface area contributed by atoms with Gasteiger partial charge < -0.3 is 15.5 Å². The fourth-order valence-electron chi connectivity index (χ4n) is 2.44. The Labute approximate surface area is 122 Å². The van der Waals surface area contributed by atoms with Crippen LogP contribution in [0, 0.1) is 0 Å². The van der Waals surface area contributed by atoms with Gasteiger partial charge in [0.1, 0.15) is 0 Å². The van der Waals surface area contributed by atoms with Crippen molar-refractivity contribution < 1.29 is 4.79 Å². The van der Waals surface area contributed by atoms with E-state index in [1.807, 2.05) is 17.0 Å². The Bertz CT molecular complexity index is 589. The number of hydrogen-bond acceptors (Lipinski definition) is 4. The Morgan fingerprint density at radius 2 is 1.80 bits per heavy atom. The Morgan fingerprint density at radius 1 is 1.05 bits per heavy atom. The van der Waals surface area contributed by atoms with Crippen LogP contribution in [0.1, 0.15) is 10.4 Å². The van der Waals surface area contributed by atoms with Crippen LogP contribution < -0.4 is 10.6 Å². The molecule has 20 heavy (non-hydrogen) atoms. The molecule has 0 atom stereocenters. The predicted molar refractivity (Wildman–Crippen MR) is 83.3 cm³/mol. The molecule has 1 amide bonds. The summed E-state index contributed by atoms with van der Waals surface area (Å²) >= 11 is 1.74. The molecule has 5 heteroatoms. The molecule has 0 unspecified atom stereocenters. The van der Waals surface area contributed by atoms with Crippen LogP contribution in [0.4, 0.5) is 10.7 Å². The number of nitrogens with zero attached hydrogens (tertiary/aromatic N) is 2. The molecule has 0 aliphatic carbocycles. The molecule has 1 aliphatic heterocycles. The second kappa shape index (κ2) is 5.54. The van der Waals surface area contributed by atoms with Gasteiger partial charge in [0.2, 0.25) is 0 Å². The summed E-state index contributed by atoms with van der Waals surface area (Å²) in [6, 6.07) is 11.4. The SMILES string of the molecule is Nc1ccccc1C(=O)N1CCN(c2cccs2)CC1. The highest BCUT2D eigenvalue weighted by Crippen LogP contribution is 2.23. The molecule has 4 nitrogen and oxygen atoms in total. The van der Waals surface area contributed by atoms with Gasteiger partial charge in [-0.05, 0) is 29.6 Å². The Balaban J connectivity index is 1.66. The number of piperazine rings is 1. The van der Waals surface area contributed by atoms with E-state index in [4.69, 9.17) is 5.73 Å². The first kappa shape index (κ1) is 13.0. The summed E-state index contributed by atoms with van der Waals surface area (Å²) in [4.78, 5) is 16.7. The molecule has 1 saturated heterocycles. The number of nitrogen functional groups attached to an aromatic ring is 1. The first-order valence-electron chi connectivity index (χ1n) is 6.68. The lowest BCUT2D eigenvalue weighted by Gasteiger charge is -2.35. The topological polar surface area (TPSA) is 49.6 Å². The molecule has 1 fully saturated rings. The number of amides is 1. The Kier molecular flexibility index (Phi) is 3.60. The summed E-state index contributed by atoms with van der Waals surface area (Å²) < 4.78 is 0. The minimum absolute atomic E-state index is 0.0360. The minimum atomic E-state index is 0.0360. The van der Waals surface area contributed by atoms with Crippen molar-refractivity contribution in [2.24, 2.45) is 0 Å². The van der Waals surface area contributed by atoms with Crippen molar-refractivity contribution in [1.29, 1.82) is 0 Å². The summed E-state index contributed by atoms with van der Waals surface area (Å²) in [6.07, 6.45) is 0. The van der Waals surface area contributed by atoms with Gasteiger partial charge in [0, 0.05) is 31.9 Å². The number of rotatable bonds is 2. The maximum absolute atomic E-state index is 12.4. The largest absolute Gasteiger partial charge is 0.398 e. The molecule has 2 heterocycles. The first-order chi connectivity index (χ1) is 9.75. The molecule has 3 rings (SSSR count). The Hall–Kier alpha value is -2.01. The van der Waals surface area contributed by atoms with Crippen LogP contribution >= 0.6 is 11.3 Å². The third kappa shape index (κ3) is 2.49. The van der Waals surface area contributed by atoms with Crippen LogP contribution in [-0.4, -0.2) is 37.0 Å². The predicted octanol–water partition coefficient (Wildman–Crippen LogP) is 2.29. The van der Waals surface area contributed by atoms with Crippen LogP contribution in [0.2, 0.25) is 0 Å². The lowest BCUT2D eigenvalue weighted by atomic mass is 10.1. The fourth-order valence-corrected chi connectivity index (χ4v) is 3.23. The molecule has 1 aliphatic rings. The van der Waals surface area contributed by atoms with Crippen LogP contribution in [0.15, 0.2) is 41.8 Å². The van der Waals surface area contributed by atoms with E-state index < -0.39 is 0 Å². The van der Waals surface area contributed by atoms with Gasteiger partial charge in [0.25, 0.3) is 5.91 Å². The van der Waals surface area contributed by atoms with E-state index in [0.29, 0.717) is 11.3 Å². The zero-order valence-electron chi connectivity index (χ0n) is 11.2. The average Bonchev–Trinajstić information content (AvgIpc) is 3.01. The molecule has 1 aromatic carbocycles. The Morgan fingerprint density at radius 3 is 2.45 bits per heavy atom. The summed E-state index contributed by atoms with van der Waals surface area (Å²) in [6.45, 7) is 3.23. The number of carbonyl (C=O) groups excluding carboxylic acids is 1. The van der Waals surface area contributed by atoms with Gasteiger partial charge >= 0.3 is 0 Å². The van der Waals surface area contributed by atoms with E-state index in [2.05, 4.69) is 22.4 Å². The van der Waals surface area contributed by atoms with E-state index >= 15 is 0 Å². The van der Waals surface area contributed by atoms with Crippen LogP contribution in [0.3, 0.4) is 0 Å². The standard InChI is InChI=1S/C15H17N3OS/c16-13-5-2-1-4-12(13)15(19)18-9-7-17(8-10-18)14-6-3-11-20-14/h1-6,11H,7-10,16H2. The maximum Gasteiger partial charge on any atom is 0.256 e.